The van der Waals surface area contributed by atoms with Crippen molar-refractivity contribution >= 4 is 30.9 Å². The second kappa shape index (κ2) is 11.4. The number of hydrogen-bond acceptors (Lipinski definition) is 9. The fourth-order valence-electron chi connectivity index (χ4n) is 5.23. The van der Waals surface area contributed by atoms with Crippen molar-refractivity contribution in [2.24, 2.45) is 0 Å². The molecule has 5 rings (SSSR count). The van der Waals surface area contributed by atoms with E-state index in [0.29, 0.717) is 43.8 Å². The van der Waals surface area contributed by atoms with Crippen LogP contribution in [-0.4, -0.2) is 92.1 Å². The molecular formula is C27H36N4O7S2. The van der Waals surface area contributed by atoms with Crippen LogP contribution in [0.15, 0.2) is 58.6 Å². The van der Waals surface area contributed by atoms with Crippen molar-refractivity contribution in [3.05, 3.63) is 48.8 Å². The van der Waals surface area contributed by atoms with Gasteiger partial charge in [-0.05, 0) is 63.4 Å². The lowest BCUT2D eigenvalue weighted by atomic mass is 9.88. The molecule has 0 amide bonds. The van der Waals surface area contributed by atoms with Crippen LogP contribution in [0.25, 0.3) is 11.0 Å². The first kappa shape index (κ1) is 29.0. The molecular weight excluding hydrogens is 556 g/mol. The summed E-state index contributed by atoms with van der Waals surface area (Å²) >= 11 is 0. The number of aliphatic hydroxyl groups excluding tert-OH is 1. The molecule has 3 N–H and O–H groups in total. The number of benzene rings is 1. The van der Waals surface area contributed by atoms with Crippen LogP contribution in [-0.2, 0) is 24.6 Å². The molecule has 40 heavy (non-hydrogen) atoms. The third-order valence-electron chi connectivity index (χ3n) is 7.69. The highest BCUT2D eigenvalue weighted by Gasteiger charge is 2.44. The molecule has 2 aliphatic heterocycles. The Morgan fingerprint density at radius 1 is 1.18 bits per heavy atom. The van der Waals surface area contributed by atoms with Crippen molar-refractivity contribution in [2.75, 3.05) is 32.8 Å². The minimum atomic E-state index is -3.66. The second-order valence-electron chi connectivity index (χ2n) is 10.8. The number of nitrogens with zero attached hydrogens (tertiary/aromatic N) is 2. The zero-order chi connectivity index (χ0) is 28.5. The number of fused-ring (bicyclic) bond motifs is 1. The van der Waals surface area contributed by atoms with Gasteiger partial charge < -0.3 is 24.9 Å². The van der Waals surface area contributed by atoms with E-state index < -0.39 is 36.8 Å². The van der Waals surface area contributed by atoms with Gasteiger partial charge in [-0.1, -0.05) is 6.07 Å². The summed E-state index contributed by atoms with van der Waals surface area (Å²) in [6.07, 6.45) is 4.22. The van der Waals surface area contributed by atoms with Crippen LogP contribution in [0.1, 0.15) is 33.1 Å². The number of rotatable bonds is 10. The molecule has 1 unspecified atom stereocenters. The molecule has 0 aliphatic carbocycles. The van der Waals surface area contributed by atoms with Gasteiger partial charge in [-0.2, -0.15) is 4.31 Å². The molecule has 11 nitrogen and oxygen atoms in total. The van der Waals surface area contributed by atoms with Crippen molar-refractivity contribution < 1.29 is 31.4 Å². The van der Waals surface area contributed by atoms with Crippen molar-refractivity contribution in [2.45, 2.75) is 65.9 Å². The monoisotopic (exact) mass is 592 g/mol. The Kier molecular flexibility index (Phi) is 8.24. The van der Waals surface area contributed by atoms with Crippen LogP contribution in [0.5, 0.6) is 5.75 Å². The predicted octanol–water partition coefficient (Wildman–Crippen LogP) is 2.09. The number of aromatic nitrogens is 2. The first-order valence-electron chi connectivity index (χ1n) is 13.4. The van der Waals surface area contributed by atoms with Crippen LogP contribution >= 0.6 is 0 Å². The highest BCUT2D eigenvalue weighted by Crippen LogP contribution is 2.37. The predicted molar refractivity (Wildman–Crippen MR) is 149 cm³/mol. The molecule has 2 atom stereocenters. The van der Waals surface area contributed by atoms with E-state index in [1.54, 1.807) is 44.3 Å². The number of nitrogens with one attached hydrogen (secondary N) is 2. The van der Waals surface area contributed by atoms with Crippen molar-refractivity contribution in [1.29, 1.82) is 0 Å². The summed E-state index contributed by atoms with van der Waals surface area (Å²) in [5, 5.41) is 13.2. The molecule has 0 saturated carbocycles. The Morgan fingerprint density at radius 3 is 2.70 bits per heavy atom. The summed E-state index contributed by atoms with van der Waals surface area (Å²) in [6, 6.07) is 9.74. The molecule has 218 valence electrons. The number of sulfone groups is 1. The Morgan fingerprint density at radius 2 is 1.95 bits per heavy atom. The number of ether oxygens (including phenoxy) is 2. The summed E-state index contributed by atoms with van der Waals surface area (Å²) in [4.78, 5) is 7.62. The zero-order valence-electron chi connectivity index (χ0n) is 22.6. The van der Waals surface area contributed by atoms with Gasteiger partial charge in [-0.25, -0.2) is 16.8 Å². The Labute approximate surface area is 234 Å². The smallest absolute Gasteiger partial charge is 0.244 e. The second-order valence-corrected chi connectivity index (χ2v) is 15.3. The third kappa shape index (κ3) is 6.04. The molecule has 1 aromatic carbocycles. The third-order valence-corrected chi connectivity index (χ3v) is 11.7. The summed E-state index contributed by atoms with van der Waals surface area (Å²) < 4.78 is 64.5. The summed E-state index contributed by atoms with van der Waals surface area (Å²) in [7, 11) is -7.07. The summed E-state index contributed by atoms with van der Waals surface area (Å²) in [5.41, 5.74) is 1.01. The Balaban J connectivity index is 1.08. The molecule has 2 saturated heterocycles. The van der Waals surface area contributed by atoms with E-state index >= 15 is 0 Å². The zero-order valence-corrected chi connectivity index (χ0v) is 24.2. The number of aliphatic hydroxyl groups is 1. The minimum Gasteiger partial charge on any atom is -0.491 e. The SMILES string of the molecule is CC(C)S(=O)(=O)c1cccc(OCC(O)CN[C@H]2COC3(CCN(S(=O)(=O)c4cnc5cc[nH]c5c4)CC3)C2)c1. The van der Waals surface area contributed by atoms with Gasteiger partial charge in [0.25, 0.3) is 0 Å². The molecule has 4 heterocycles. The van der Waals surface area contributed by atoms with Gasteiger partial charge in [0.05, 0.1) is 33.4 Å². The molecule has 1 spiro atoms. The number of sulfonamides is 1. The Hall–Kier alpha value is -2.55. The fraction of sp³-hybridized carbons (Fsp3) is 0.519. The average molecular weight is 593 g/mol. The number of pyridine rings is 1. The van der Waals surface area contributed by atoms with Gasteiger partial charge in [-0.15, -0.1) is 0 Å². The summed E-state index contributed by atoms with van der Waals surface area (Å²) in [6.45, 7) is 4.74. The van der Waals surface area contributed by atoms with E-state index in [2.05, 4.69) is 15.3 Å². The van der Waals surface area contributed by atoms with E-state index in [9.17, 15) is 21.9 Å². The average Bonchev–Trinajstić information content (AvgIpc) is 3.57. The fourth-order valence-corrected chi connectivity index (χ4v) is 7.74. The number of piperidine rings is 1. The molecule has 2 aromatic heterocycles. The Bertz CT molecular complexity index is 1550. The van der Waals surface area contributed by atoms with Gasteiger partial charge in [0.2, 0.25) is 10.0 Å². The maximum absolute atomic E-state index is 13.2. The van der Waals surface area contributed by atoms with Gasteiger partial charge in [-0.3, -0.25) is 4.98 Å². The minimum absolute atomic E-state index is 0.00680. The van der Waals surface area contributed by atoms with Crippen molar-refractivity contribution in [3.8, 4) is 5.75 Å². The lowest BCUT2D eigenvalue weighted by molar-refractivity contribution is -0.0312. The maximum atomic E-state index is 13.2. The van der Waals surface area contributed by atoms with Crippen LogP contribution in [0.3, 0.4) is 0 Å². The van der Waals surface area contributed by atoms with E-state index in [1.165, 1.54) is 22.6 Å². The highest BCUT2D eigenvalue weighted by molar-refractivity contribution is 7.92. The number of aromatic amines is 1. The highest BCUT2D eigenvalue weighted by atomic mass is 32.2. The van der Waals surface area contributed by atoms with E-state index in [4.69, 9.17) is 9.47 Å². The van der Waals surface area contributed by atoms with Crippen LogP contribution in [0, 0.1) is 0 Å². The van der Waals surface area contributed by atoms with Gasteiger partial charge in [0, 0.05) is 38.1 Å². The molecule has 3 aromatic rings. The van der Waals surface area contributed by atoms with Gasteiger partial charge in [0.1, 0.15) is 23.4 Å². The summed E-state index contributed by atoms with van der Waals surface area (Å²) in [5.74, 6) is 0.384. The van der Waals surface area contributed by atoms with Crippen LogP contribution in [0.4, 0.5) is 0 Å². The van der Waals surface area contributed by atoms with E-state index in [-0.39, 0.29) is 29.0 Å². The molecule has 2 aliphatic rings. The quantitative estimate of drug-likeness (QED) is 0.321. The molecule has 2 fully saturated rings. The molecule has 13 heteroatoms. The normalized spacial score (nSPS) is 20.9. The van der Waals surface area contributed by atoms with Crippen molar-refractivity contribution in [3.63, 3.8) is 0 Å². The van der Waals surface area contributed by atoms with Crippen LogP contribution < -0.4 is 10.1 Å². The van der Waals surface area contributed by atoms with Gasteiger partial charge >= 0.3 is 0 Å². The number of H-pyrrole nitrogens is 1. The lowest BCUT2D eigenvalue weighted by Crippen LogP contribution is -2.47. The molecule has 0 radical (unpaired) electrons. The van der Waals surface area contributed by atoms with E-state index in [0.717, 1.165) is 11.9 Å². The standard InChI is InChI=1S/C27H36N4O7S2/c1-19(2)39(33,34)23-5-3-4-22(12-23)37-18-21(32)15-29-20-14-27(38-17-20)7-10-31(11-8-27)40(35,36)24-13-26-25(30-16-24)6-9-28-26/h3-6,9,12-13,16,19-21,28-29,32H,7-8,10-11,14-15,17-18H2,1-2H3/t20-,21?/m1/s1. The first-order valence-corrected chi connectivity index (χ1v) is 16.4. The largest absolute Gasteiger partial charge is 0.491 e. The molecule has 0 bridgehead atoms. The van der Waals surface area contributed by atoms with Crippen LogP contribution in [0.2, 0.25) is 0 Å². The van der Waals surface area contributed by atoms with Gasteiger partial charge in [0.15, 0.2) is 9.84 Å². The maximum Gasteiger partial charge on any atom is 0.244 e. The topological polar surface area (TPSA) is 151 Å². The van der Waals surface area contributed by atoms with Crippen molar-refractivity contribution in [1.82, 2.24) is 19.6 Å². The lowest BCUT2D eigenvalue weighted by Gasteiger charge is -2.38. The van der Waals surface area contributed by atoms with E-state index in [1.807, 2.05) is 0 Å². The first-order chi connectivity index (χ1) is 19.0. The number of hydrogen-bond donors (Lipinski definition) is 3.